The molecule has 150 valence electrons. The third-order valence-electron chi connectivity index (χ3n) is 4.80. The zero-order valence-electron chi connectivity index (χ0n) is 16.7. The first-order valence-electron chi connectivity index (χ1n) is 9.80. The van der Waals surface area contributed by atoms with Crippen LogP contribution in [0.4, 0.5) is 5.82 Å². The van der Waals surface area contributed by atoms with Crippen molar-refractivity contribution in [3.05, 3.63) is 85.1 Å². The molecule has 0 aliphatic rings. The van der Waals surface area contributed by atoms with Crippen LogP contribution in [-0.2, 0) is 4.79 Å². The van der Waals surface area contributed by atoms with Gasteiger partial charge in [-0.15, -0.1) is 0 Å². The monoisotopic (exact) mass is 406 g/mol. The number of carbonyl (C=O) groups is 1. The fraction of sp³-hybridized carbons (Fsp3) is 0.0417. The van der Waals surface area contributed by atoms with Crippen molar-refractivity contribution in [1.29, 1.82) is 0 Å². The number of aromatic nitrogens is 5. The Balaban J connectivity index is 1.70. The van der Waals surface area contributed by atoms with E-state index in [0.717, 1.165) is 21.9 Å². The molecule has 5 rings (SSSR count). The Kier molecular flexibility index (Phi) is 4.68. The van der Waals surface area contributed by atoms with Crippen LogP contribution in [0.2, 0.25) is 0 Å². The minimum Gasteiger partial charge on any atom is -0.311 e. The third kappa shape index (κ3) is 3.76. The van der Waals surface area contributed by atoms with Gasteiger partial charge in [-0.1, -0.05) is 66.7 Å². The summed E-state index contributed by atoms with van der Waals surface area (Å²) in [5, 5.41) is 9.30. The van der Waals surface area contributed by atoms with Crippen molar-refractivity contribution in [2.24, 2.45) is 0 Å². The van der Waals surface area contributed by atoms with E-state index in [4.69, 9.17) is 4.98 Å². The molecular weight excluding hydrogens is 388 g/mol. The molecule has 7 heteroatoms. The number of carbonyl (C=O) groups excluding carboxylic acids is 1. The Bertz CT molecular complexity index is 1390. The van der Waals surface area contributed by atoms with Gasteiger partial charge >= 0.3 is 0 Å². The molecule has 0 bridgehead atoms. The molecule has 0 fully saturated rings. The topological polar surface area (TPSA) is 85.6 Å². The van der Waals surface area contributed by atoms with E-state index in [9.17, 15) is 4.79 Å². The highest BCUT2D eigenvalue weighted by Gasteiger charge is 2.15. The van der Waals surface area contributed by atoms with E-state index < -0.39 is 0 Å². The van der Waals surface area contributed by atoms with E-state index in [2.05, 4.69) is 38.6 Å². The van der Waals surface area contributed by atoms with Gasteiger partial charge in [-0.2, -0.15) is 19.7 Å². The third-order valence-corrected chi connectivity index (χ3v) is 4.80. The van der Waals surface area contributed by atoms with Crippen LogP contribution < -0.4 is 5.32 Å². The SMILES string of the molecule is CC(=O)Nc1ccnn1-c1nc(-c2ccccc2)nc(-c2ccc3ccccc3c2)n1. The number of nitrogens with one attached hydrogen (secondary N) is 1. The molecule has 0 aliphatic heterocycles. The number of anilines is 1. The fourth-order valence-corrected chi connectivity index (χ4v) is 3.37. The molecule has 1 amide bonds. The van der Waals surface area contributed by atoms with Crippen molar-refractivity contribution in [3.63, 3.8) is 0 Å². The number of hydrogen-bond acceptors (Lipinski definition) is 5. The van der Waals surface area contributed by atoms with Crippen LogP contribution >= 0.6 is 0 Å². The fourth-order valence-electron chi connectivity index (χ4n) is 3.37. The largest absolute Gasteiger partial charge is 0.311 e. The van der Waals surface area contributed by atoms with Crippen LogP contribution in [0.15, 0.2) is 85.1 Å². The van der Waals surface area contributed by atoms with Gasteiger partial charge in [0, 0.05) is 24.1 Å². The molecule has 7 nitrogen and oxygen atoms in total. The van der Waals surface area contributed by atoms with Crippen LogP contribution in [0, 0.1) is 0 Å². The molecule has 0 radical (unpaired) electrons. The summed E-state index contributed by atoms with van der Waals surface area (Å²) >= 11 is 0. The summed E-state index contributed by atoms with van der Waals surface area (Å²) in [6.07, 6.45) is 1.59. The molecule has 31 heavy (non-hydrogen) atoms. The zero-order chi connectivity index (χ0) is 21.2. The normalized spacial score (nSPS) is 10.9. The second-order valence-corrected chi connectivity index (χ2v) is 7.02. The maximum atomic E-state index is 11.6. The van der Waals surface area contributed by atoms with Crippen molar-refractivity contribution in [2.75, 3.05) is 5.32 Å². The minimum atomic E-state index is -0.200. The summed E-state index contributed by atoms with van der Waals surface area (Å²) in [7, 11) is 0. The van der Waals surface area contributed by atoms with E-state index in [-0.39, 0.29) is 5.91 Å². The maximum absolute atomic E-state index is 11.6. The molecule has 0 unspecified atom stereocenters. The summed E-state index contributed by atoms with van der Waals surface area (Å²) in [4.78, 5) is 25.6. The number of amides is 1. The number of rotatable bonds is 4. The predicted molar refractivity (Wildman–Crippen MR) is 120 cm³/mol. The first kappa shape index (κ1) is 18.6. The number of nitrogens with zero attached hydrogens (tertiary/aromatic N) is 5. The van der Waals surface area contributed by atoms with Gasteiger partial charge in [0.1, 0.15) is 5.82 Å². The average molecular weight is 406 g/mol. The van der Waals surface area contributed by atoms with E-state index in [0.29, 0.717) is 23.4 Å². The van der Waals surface area contributed by atoms with Gasteiger partial charge in [-0.05, 0) is 16.8 Å². The number of benzene rings is 3. The second kappa shape index (κ2) is 7.79. The first-order valence-corrected chi connectivity index (χ1v) is 9.80. The molecule has 0 spiro atoms. The van der Waals surface area contributed by atoms with Gasteiger partial charge in [0.15, 0.2) is 11.6 Å². The van der Waals surface area contributed by atoms with Gasteiger partial charge in [-0.25, -0.2) is 4.98 Å². The summed E-state index contributed by atoms with van der Waals surface area (Å²) in [5.41, 5.74) is 1.73. The van der Waals surface area contributed by atoms with Crippen LogP contribution in [-0.4, -0.2) is 30.6 Å². The Morgan fingerprint density at radius 2 is 1.48 bits per heavy atom. The molecule has 2 heterocycles. The zero-order valence-corrected chi connectivity index (χ0v) is 16.7. The first-order chi connectivity index (χ1) is 15.2. The van der Waals surface area contributed by atoms with Gasteiger partial charge in [0.05, 0.1) is 6.20 Å². The highest BCUT2D eigenvalue weighted by molar-refractivity contribution is 5.88. The molecule has 0 atom stereocenters. The Morgan fingerprint density at radius 1 is 0.774 bits per heavy atom. The van der Waals surface area contributed by atoms with Crippen LogP contribution in [0.3, 0.4) is 0 Å². The summed E-state index contributed by atoms with van der Waals surface area (Å²) < 4.78 is 1.50. The highest BCUT2D eigenvalue weighted by atomic mass is 16.1. The van der Waals surface area contributed by atoms with Gasteiger partial charge in [0.2, 0.25) is 5.91 Å². The lowest BCUT2D eigenvalue weighted by Gasteiger charge is -2.10. The lowest BCUT2D eigenvalue weighted by molar-refractivity contribution is -0.114. The summed E-state index contributed by atoms with van der Waals surface area (Å²) in [6, 6.07) is 25.6. The predicted octanol–water partition coefficient (Wildman–Crippen LogP) is 4.50. The molecule has 5 aromatic rings. The van der Waals surface area contributed by atoms with Crippen molar-refractivity contribution in [3.8, 4) is 28.7 Å². The quantitative estimate of drug-likeness (QED) is 0.475. The van der Waals surface area contributed by atoms with Crippen molar-refractivity contribution in [1.82, 2.24) is 24.7 Å². The lowest BCUT2D eigenvalue weighted by atomic mass is 10.1. The number of fused-ring (bicyclic) bond motifs is 1. The lowest BCUT2D eigenvalue weighted by Crippen LogP contribution is -2.14. The van der Waals surface area contributed by atoms with Gasteiger partial charge in [-0.3, -0.25) is 4.79 Å². The summed E-state index contributed by atoms with van der Waals surface area (Å²) in [6.45, 7) is 1.45. The van der Waals surface area contributed by atoms with E-state index in [1.54, 1.807) is 12.3 Å². The van der Waals surface area contributed by atoms with Crippen LogP contribution in [0.25, 0.3) is 39.5 Å². The molecular formula is C24H18N6O. The molecule has 1 N–H and O–H groups in total. The Morgan fingerprint density at radius 3 is 2.26 bits per heavy atom. The standard InChI is InChI=1S/C24H18N6O/c1-16(31)26-21-13-14-25-30(21)24-28-22(18-8-3-2-4-9-18)27-23(29-24)20-12-11-17-7-5-6-10-19(17)15-20/h2-15H,1H3,(H,26,31). The van der Waals surface area contributed by atoms with E-state index in [1.165, 1.54) is 11.6 Å². The molecule has 0 aliphatic carbocycles. The molecule has 2 aromatic heterocycles. The van der Waals surface area contributed by atoms with E-state index >= 15 is 0 Å². The molecule has 3 aromatic carbocycles. The van der Waals surface area contributed by atoms with Crippen LogP contribution in [0.5, 0.6) is 0 Å². The average Bonchev–Trinajstić information content (AvgIpc) is 3.26. The Labute approximate surface area is 178 Å². The molecule has 0 saturated heterocycles. The number of hydrogen-bond donors (Lipinski definition) is 1. The molecule has 0 saturated carbocycles. The van der Waals surface area contributed by atoms with Crippen molar-refractivity contribution < 1.29 is 4.79 Å². The van der Waals surface area contributed by atoms with Crippen molar-refractivity contribution >= 4 is 22.5 Å². The second-order valence-electron chi connectivity index (χ2n) is 7.02. The van der Waals surface area contributed by atoms with E-state index in [1.807, 2.05) is 54.6 Å². The van der Waals surface area contributed by atoms with Crippen LogP contribution in [0.1, 0.15) is 6.92 Å². The Hall–Kier alpha value is -4.39. The highest BCUT2D eigenvalue weighted by Crippen LogP contribution is 2.25. The maximum Gasteiger partial charge on any atom is 0.256 e. The van der Waals surface area contributed by atoms with Gasteiger partial charge in [0.25, 0.3) is 5.95 Å². The van der Waals surface area contributed by atoms with Gasteiger partial charge < -0.3 is 5.32 Å². The smallest absolute Gasteiger partial charge is 0.256 e. The minimum absolute atomic E-state index is 0.200. The van der Waals surface area contributed by atoms with Crippen molar-refractivity contribution in [2.45, 2.75) is 6.92 Å². The summed E-state index contributed by atoms with van der Waals surface area (Å²) in [5.74, 6) is 1.67.